The first-order valence-corrected chi connectivity index (χ1v) is 6.94. The van der Waals surface area contributed by atoms with Gasteiger partial charge in [-0.3, -0.25) is 5.32 Å². The number of morpholine rings is 1. The van der Waals surface area contributed by atoms with Crippen LogP contribution in [0.1, 0.15) is 18.9 Å². The first-order chi connectivity index (χ1) is 9.33. The molecule has 3 nitrogen and oxygen atoms in total. The summed E-state index contributed by atoms with van der Waals surface area (Å²) in [4.78, 5) is 2.36. The van der Waals surface area contributed by atoms with Crippen LogP contribution in [0.4, 0.5) is 5.69 Å². The lowest BCUT2D eigenvalue weighted by molar-refractivity contribution is 0.122. The highest BCUT2D eigenvalue weighted by atomic mass is 16.5. The van der Waals surface area contributed by atoms with Crippen LogP contribution in [0.2, 0.25) is 0 Å². The molecule has 0 aliphatic carbocycles. The van der Waals surface area contributed by atoms with Crippen molar-refractivity contribution in [1.29, 1.82) is 0 Å². The van der Waals surface area contributed by atoms with E-state index in [1.807, 2.05) is 0 Å². The zero-order valence-electron chi connectivity index (χ0n) is 11.6. The maximum Gasteiger partial charge on any atom is 0.0686 e. The van der Waals surface area contributed by atoms with Crippen molar-refractivity contribution in [2.45, 2.75) is 25.9 Å². The van der Waals surface area contributed by atoms with Crippen LogP contribution in [-0.2, 0) is 11.3 Å². The Morgan fingerprint density at radius 3 is 2.58 bits per heavy atom. The van der Waals surface area contributed by atoms with Crippen LogP contribution in [-0.4, -0.2) is 32.3 Å². The number of terminal acetylenes is 1. The smallest absolute Gasteiger partial charge is 0.0686 e. The predicted octanol–water partition coefficient (Wildman–Crippen LogP) is 2.02. The van der Waals surface area contributed by atoms with Gasteiger partial charge in [-0.15, -0.1) is 6.42 Å². The second-order valence-electron chi connectivity index (χ2n) is 4.77. The largest absolute Gasteiger partial charge is 0.378 e. The number of hydrogen-bond donors (Lipinski definition) is 1. The molecule has 1 aliphatic rings. The minimum Gasteiger partial charge on any atom is -0.378 e. The maximum absolute atomic E-state index is 5.44. The van der Waals surface area contributed by atoms with Crippen LogP contribution in [0.3, 0.4) is 0 Å². The van der Waals surface area contributed by atoms with Gasteiger partial charge < -0.3 is 9.64 Å². The highest BCUT2D eigenvalue weighted by molar-refractivity contribution is 5.47. The van der Waals surface area contributed by atoms with Gasteiger partial charge in [0.25, 0.3) is 0 Å². The van der Waals surface area contributed by atoms with Gasteiger partial charge in [-0.2, -0.15) is 0 Å². The quantitative estimate of drug-likeness (QED) is 0.818. The lowest BCUT2D eigenvalue weighted by Crippen LogP contribution is -2.36. The molecule has 1 aromatic carbocycles. The zero-order chi connectivity index (χ0) is 13.5. The molecule has 0 aromatic heterocycles. The van der Waals surface area contributed by atoms with Crippen LogP contribution >= 0.6 is 0 Å². The van der Waals surface area contributed by atoms with Gasteiger partial charge in [0.15, 0.2) is 0 Å². The maximum atomic E-state index is 5.44. The van der Waals surface area contributed by atoms with E-state index in [2.05, 4.69) is 47.3 Å². The monoisotopic (exact) mass is 258 g/mol. The molecule has 1 saturated heterocycles. The highest BCUT2D eigenvalue weighted by Gasteiger charge is 2.10. The van der Waals surface area contributed by atoms with Gasteiger partial charge in [-0.1, -0.05) is 25.0 Å². The lowest BCUT2D eigenvalue weighted by Gasteiger charge is -2.29. The van der Waals surface area contributed by atoms with Crippen LogP contribution in [0.25, 0.3) is 0 Å². The van der Waals surface area contributed by atoms with Gasteiger partial charge >= 0.3 is 0 Å². The molecule has 1 aliphatic heterocycles. The summed E-state index contributed by atoms with van der Waals surface area (Å²) in [5, 5.41) is 3.36. The fourth-order valence-electron chi connectivity index (χ4n) is 2.21. The molecule has 0 saturated carbocycles. The first-order valence-electron chi connectivity index (χ1n) is 6.94. The zero-order valence-corrected chi connectivity index (χ0v) is 11.6. The SMILES string of the molecule is C#CC(CC)NCc1ccc(N2CCOCC2)cc1. The Labute approximate surface area is 115 Å². The molecule has 1 unspecified atom stereocenters. The standard InChI is InChI=1S/C16H22N2O/c1-3-15(4-2)17-13-14-5-7-16(8-6-14)18-9-11-19-12-10-18/h1,5-8,15,17H,4,9-13H2,2H3. The van der Waals surface area contributed by atoms with Crippen molar-refractivity contribution in [2.24, 2.45) is 0 Å². The number of rotatable bonds is 5. The third kappa shape index (κ3) is 3.99. The summed E-state index contributed by atoms with van der Waals surface area (Å²) < 4.78 is 5.36. The summed E-state index contributed by atoms with van der Waals surface area (Å²) in [6.07, 6.45) is 6.40. The van der Waals surface area contributed by atoms with E-state index >= 15 is 0 Å². The van der Waals surface area contributed by atoms with Crippen LogP contribution in [0, 0.1) is 12.3 Å². The van der Waals surface area contributed by atoms with E-state index in [1.54, 1.807) is 0 Å². The normalized spacial score (nSPS) is 16.9. The summed E-state index contributed by atoms with van der Waals surface area (Å²) >= 11 is 0. The van der Waals surface area contributed by atoms with Crippen LogP contribution in [0.5, 0.6) is 0 Å². The molecule has 0 spiro atoms. The molecule has 1 fully saturated rings. The first kappa shape index (κ1) is 13.9. The molecule has 19 heavy (non-hydrogen) atoms. The number of benzene rings is 1. The molecule has 1 N–H and O–H groups in total. The second kappa shape index (κ2) is 7.18. The van der Waals surface area contributed by atoms with Crippen molar-refractivity contribution in [1.82, 2.24) is 5.32 Å². The molecule has 1 atom stereocenters. The van der Waals surface area contributed by atoms with Crippen molar-refractivity contribution in [3.05, 3.63) is 29.8 Å². The van der Waals surface area contributed by atoms with Gasteiger partial charge in [-0.25, -0.2) is 0 Å². The number of ether oxygens (including phenoxy) is 1. The fourth-order valence-corrected chi connectivity index (χ4v) is 2.21. The van der Waals surface area contributed by atoms with Crippen LogP contribution < -0.4 is 10.2 Å². The Hall–Kier alpha value is -1.50. The van der Waals surface area contributed by atoms with Crippen molar-refractivity contribution in [3.63, 3.8) is 0 Å². The average Bonchev–Trinajstić information content (AvgIpc) is 2.50. The Morgan fingerprint density at radius 2 is 2.00 bits per heavy atom. The van der Waals surface area contributed by atoms with Gasteiger partial charge in [0.2, 0.25) is 0 Å². The molecular formula is C16H22N2O. The van der Waals surface area contributed by atoms with Gasteiger partial charge in [0, 0.05) is 25.3 Å². The molecule has 1 heterocycles. The summed E-state index contributed by atoms with van der Waals surface area (Å²) in [6, 6.07) is 8.86. The number of anilines is 1. The van der Waals surface area contributed by atoms with E-state index in [0.717, 1.165) is 39.3 Å². The molecule has 2 rings (SSSR count). The Bertz CT molecular complexity index is 415. The highest BCUT2D eigenvalue weighted by Crippen LogP contribution is 2.16. The van der Waals surface area contributed by atoms with Crippen molar-refractivity contribution >= 4 is 5.69 Å². The third-order valence-corrected chi connectivity index (χ3v) is 3.47. The van der Waals surface area contributed by atoms with E-state index in [-0.39, 0.29) is 6.04 Å². The van der Waals surface area contributed by atoms with Crippen molar-refractivity contribution < 1.29 is 4.74 Å². The fraction of sp³-hybridized carbons (Fsp3) is 0.500. The summed E-state index contributed by atoms with van der Waals surface area (Å²) in [7, 11) is 0. The average molecular weight is 258 g/mol. The summed E-state index contributed by atoms with van der Waals surface area (Å²) in [6.45, 7) is 6.53. The molecule has 0 bridgehead atoms. The summed E-state index contributed by atoms with van der Waals surface area (Å²) in [5.41, 5.74) is 2.54. The van der Waals surface area contributed by atoms with Gasteiger partial charge in [0.05, 0.1) is 19.3 Å². The van der Waals surface area contributed by atoms with Crippen molar-refractivity contribution in [2.75, 3.05) is 31.2 Å². The molecule has 0 amide bonds. The van der Waals surface area contributed by atoms with E-state index in [0.29, 0.717) is 0 Å². The third-order valence-electron chi connectivity index (χ3n) is 3.47. The summed E-state index contributed by atoms with van der Waals surface area (Å²) in [5.74, 6) is 2.75. The molecule has 102 valence electrons. The Kier molecular flexibility index (Phi) is 5.26. The number of hydrogen-bond acceptors (Lipinski definition) is 3. The van der Waals surface area contributed by atoms with E-state index < -0.39 is 0 Å². The molecular weight excluding hydrogens is 236 g/mol. The topological polar surface area (TPSA) is 24.5 Å². The van der Waals surface area contributed by atoms with Crippen molar-refractivity contribution in [3.8, 4) is 12.3 Å². The molecule has 3 heteroatoms. The van der Waals surface area contributed by atoms with E-state index in [4.69, 9.17) is 11.2 Å². The van der Waals surface area contributed by atoms with Gasteiger partial charge in [0.1, 0.15) is 0 Å². The second-order valence-corrected chi connectivity index (χ2v) is 4.77. The lowest BCUT2D eigenvalue weighted by atomic mass is 10.1. The minimum absolute atomic E-state index is 0.166. The van der Waals surface area contributed by atoms with E-state index in [9.17, 15) is 0 Å². The molecule has 0 radical (unpaired) electrons. The predicted molar refractivity (Wildman–Crippen MR) is 79.2 cm³/mol. The van der Waals surface area contributed by atoms with Gasteiger partial charge in [-0.05, 0) is 24.1 Å². The van der Waals surface area contributed by atoms with Crippen LogP contribution in [0.15, 0.2) is 24.3 Å². The Morgan fingerprint density at radius 1 is 1.32 bits per heavy atom. The molecule has 1 aromatic rings. The van der Waals surface area contributed by atoms with E-state index in [1.165, 1.54) is 11.3 Å². The number of nitrogens with one attached hydrogen (secondary N) is 1. The number of nitrogens with zero attached hydrogens (tertiary/aromatic N) is 1. The minimum atomic E-state index is 0.166. The Balaban J connectivity index is 1.89.